The monoisotopic (exact) mass is 328 g/mol. The highest BCUT2D eigenvalue weighted by atomic mass is 79.9. The predicted octanol–water partition coefficient (Wildman–Crippen LogP) is 2.66. The van der Waals surface area contributed by atoms with E-state index < -0.39 is 10.7 Å². The minimum absolute atomic E-state index is 0.138. The number of hydrogen-bond donors (Lipinski definition) is 1. The van der Waals surface area contributed by atoms with E-state index in [-0.39, 0.29) is 23.3 Å². The van der Waals surface area contributed by atoms with E-state index in [9.17, 15) is 14.5 Å². The van der Waals surface area contributed by atoms with Gasteiger partial charge in [0.1, 0.15) is 10.4 Å². The molecule has 0 spiro atoms. The molecule has 19 heavy (non-hydrogen) atoms. The van der Waals surface area contributed by atoms with Crippen LogP contribution in [0.3, 0.4) is 0 Å². The van der Waals surface area contributed by atoms with Crippen molar-refractivity contribution in [2.24, 2.45) is 0 Å². The lowest BCUT2D eigenvalue weighted by molar-refractivity contribution is -0.385. The van der Waals surface area contributed by atoms with Crippen LogP contribution in [0.1, 0.15) is 0 Å². The summed E-state index contributed by atoms with van der Waals surface area (Å²) in [5.74, 6) is -0.987. The Bertz CT molecular complexity index is 632. The number of nitro benzene ring substituents is 1. The number of ether oxygens (including phenoxy) is 1. The van der Waals surface area contributed by atoms with E-state index >= 15 is 0 Å². The van der Waals surface area contributed by atoms with Gasteiger partial charge in [-0.3, -0.25) is 10.1 Å². The van der Waals surface area contributed by atoms with Crippen LogP contribution in [0.25, 0.3) is 0 Å². The third-order valence-corrected chi connectivity index (χ3v) is 2.43. The van der Waals surface area contributed by atoms with Crippen molar-refractivity contribution in [2.75, 3.05) is 5.73 Å². The highest BCUT2D eigenvalue weighted by Crippen LogP contribution is 2.26. The van der Waals surface area contributed by atoms with E-state index in [1.807, 2.05) is 0 Å². The molecule has 1 aromatic heterocycles. The molecule has 2 rings (SSSR count). The molecule has 2 aromatic rings. The number of benzene rings is 1. The molecule has 0 amide bonds. The molecule has 0 unspecified atom stereocenters. The Morgan fingerprint density at radius 3 is 2.68 bits per heavy atom. The van der Waals surface area contributed by atoms with Gasteiger partial charge in [-0.15, -0.1) is 0 Å². The van der Waals surface area contributed by atoms with Gasteiger partial charge < -0.3 is 10.5 Å². The topological polar surface area (TPSA) is 104 Å². The fourth-order valence-electron chi connectivity index (χ4n) is 1.24. The summed E-state index contributed by atoms with van der Waals surface area (Å²) in [4.78, 5) is 17.3. The van der Waals surface area contributed by atoms with Gasteiger partial charge in [-0.25, -0.2) is 4.39 Å². The quantitative estimate of drug-likeness (QED) is 0.527. The Balaban J connectivity index is 2.30. The normalized spacial score (nSPS) is 10.2. The van der Waals surface area contributed by atoms with Crippen molar-refractivity contribution in [3.05, 3.63) is 44.8 Å². The fourth-order valence-corrected chi connectivity index (χ4v) is 1.63. The lowest BCUT2D eigenvalue weighted by Gasteiger charge is -2.05. The van der Waals surface area contributed by atoms with Gasteiger partial charge in [-0.2, -0.15) is 9.97 Å². The first-order chi connectivity index (χ1) is 8.95. The van der Waals surface area contributed by atoms with Crippen LogP contribution in [0, 0.1) is 15.9 Å². The molecule has 0 aliphatic carbocycles. The highest BCUT2D eigenvalue weighted by molar-refractivity contribution is 9.10. The van der Waals surface area contributed by atoms with Gasteiger partial charge in [-0.1, -0.05) is 0 Å². The molecule has 0 aliphatic rings. The van der Waals surface area contributed by atoms with Crippen LogP contribution in [0.15, 0.2) is 28.9 Å². The number of hydrogen-bond acceptors (Lipinski definition) is 6. The maximum atomic E-state index is 13.6. The molecule has 0 saturated carbocycles. The summed E-state index contributed by atoms with van der Waals surface area (Å²) < 4.78 is 19.0. The summed E-state index contributed by atoms with van der Waals surface area (Å²) in [5.41, 5.74) is 5.10. The zero-order chi connectivity index (χ0) is 14.0. The fraction of sp³-hybridized carbons (Fsp3) is 0. The number of rotatable bonds is 3. The van der Waals surface area contributed by atoms with Crippen molar-refractivity contribution in [3.8, 4) is 11.8 Å². The number of nitrogens with zero attached hydrogens (tertiary/aromatic N) is 3. The Morgan fingerprint density at radius 1 is 1.37 bits per heavy atom. The van der Waals surface area contributed by atoms with Crippen LogP contribution in [-0.2, 0) is 0 Å². The number of nitro groups is 1. The number of non-ortho nitro benzene ring substituents is 1. The molecule has 0 radical (unpaired) electrons. The maximum absolute atomic E-state index is 13.6. The molecule has 1 aromatic carbocycles. The molecular weight excluding hydrogens is 323 g/mol. The van der Waals surface area contributed by atoms with Crippen molar-refractivity contribution >= 4 is 27.4 Å². The maximum Gasteiger partial charge on any atom is 0.325 e. The molecular formula is C10H6BrFN4O3. The molecule has 0 bridgehead atoms. The molecule has 2 N–H and O–H groups in total. The molecule has 0 aliphatic heterocycles. The van der Waals surface area contributed by atoms with Crippen molar-refractivity contribution in [2.45, 2.75) is 0 Å². The smallest absolute Gasteiger partial charge is 0.325 e. The first kappa shape index (κ1) is 13.1. The molecule has 98 valence electrons. The number of anilines is 1. The van der Waals surface area contributed by atoms with Gasteiger partial charge >= 0.3 is 6.01 Å². The molecule has 9 heteroatoms. The Hall–Kier alpha value is -2.29. The van der Waals surface area contributed by atoms with Crippen molar-refractivity contribution in [1.29, 1.82) is 0 Å². The van der Waals surface area contributed by atoms with E-state index in [4.69, 9.17) is 10.5 Å². The van der Waals surface area contributed by atoms with E-state index in [2.05, 4.69) is 25.9 Å². The number of nitrogens with two attached hydrogens (primary N) is 1. The van der Waals surface area contributed by atoms with E-state index in [1.165, 1.54) is 6.07 Å². The molecule has 0 fully saturated rings. The van der Waals surface area contributed by atoms with Gasteiger partial charge in [0.15, 0.2) is 11.6 Å². The summed E-state index contributed by atoms with van der Waals surface area (Å²) in [6, 6.07) is 4.25. The lowest BCUT2D eigenvalue weighted by Crippen LogP contribution is -1.98. The van der Waals surface area contributed by atoms with Gasteiger partial charge in [0.2, 0.25) is 0 Å². The van der Waals surface area contributed by atoms with Crippen LogP contribution in [0.2, 0.25) is 0 Å². The van der Waals surface area contributed by atoms with Crippen molar-refractivity contribution in [1.82, 2.24) is 9.97 Å². The number of nitrogen functional groups attached to an aromatic ring is 1. The lowest BCUT2D eigenvalue weighted by atomic mass is 10.3. The zero-order valence-electron chi connectivity index (χ0n) is 9.21. The number of aromatic nitrogens is 2. The second-order valence-corrected chi connectivity index (χ2v) is 4.18. The van der Waals surface area contributed by atoms with Crippen LogP contribution >= 0.6 is 15.9 Å². The summed E-state index contributed by atoms with van der Waals surface area (Å²) >= 11 is 3.08. The third-order valence-electron chi connectivity index (χ3n) is 2.02. The van der Waals surface area contributed by atoms with Crippen LogP contribution < -0.4 is 10.5 Å². The summed E-state index contributed by atoms with van der Waals surface area (Å²) in [6.07, 6.45) is 0. The average Bonchev–Trinajstić information content (AvgIpc) is 2.30. The van der Waals surface area contributed by atoms with Crippen LogP contribution in [0.4, 0.5) is 15.9 Å². The highest BCUT2D eigenvalue weighted by Gasteiger charge is 2.13. The van der Waals surface area contributed by atoms with Crippen LogP contribution in [-0.4, -0.2) is 14.9 Å². The van der Waals surface area contributed by atoms with Gasteiger partial charge in [-0.05, 0) is 22.0 Å². The van der Waals surface area contributed by atoms with Gasteiger partial charge in [0.25, 0.3) is 5.69 Å². The van der Waals surface area contributed by atoms with E-state index in [0.717, 1.165) is 18.2 Å². The SMILES string of the molecule is Nc1cc(Br)nc(Oc2ccc([N+](=O)[O-])cc2F)n1. The van der Waals surface area contributed by atoms with Crippen molar-refractivity contribution in [3.63, 3.8) is 0 Å². The summed E-state index contributed by atoms with van der Waals surface area (Å²) in [7, 11) is 0. The first-order valence-electron chi connectivity index (χ1n) is 4.87. The summed E-state index contributed by atoms with van der Waals surface area (Å²) in [5, 5.41) is 10.5. The minimum atomic E-state index is -0.892. The average molecular weight is 329 g/mol. The van der Waals surface area contributed by atoms with E-state index in [0.29, 0.717) is 4.60 Å². The second-order valence-electron chi connectivity index (χ2n) is 3.37. The minimum Gasteiger partial charge on any atom is -0.421 e. The first-order valence-corrected chi connectivity index (χ1v) is 5.67. The number of halogens is 2. The summed E-state index contributed by atoms with van der Waals surface area (Å²) in [6.45, 7) is 0. The molecule has 0 saturated heterocycles. The Labute approximate surface area is 114 Å². The zero-order valence-corrected chi connectivity index (χ0v) is 10.8. The van der Waals surface area contributed by atoms with Crippen molar-refractivity contribution < 1.29 is 14.1 Å². The Morgan fingerprint density at radius 2 is 2.11 bits per heavy atom. The second kappa shape index (κ2) is 5.14. The van der Waals surface area contributed by atoms with Crippen LogP contribution in [0.5, 0.6) is 11.8 Å². The third kappa shape index (κ3) is 3.13. The van der Waals surface area contributed by atoms with E-state index in [1.54, 1.807) is 0 Å². The standard InChI is InChI=1S/C10H6BrFN4O3/c11-8-4-9(13)15-10(14-8)19-7-2-1-5(16(17)18)3-6(7)12/h1-4H,(H2,13,14,15). The van der Waals surface area contributed by atoms with Gasteiger partial charge in [0.05, 0.1) is 11.0 Å². The molecule has 0 atom stereocenters. The molecule has 1 heterocycles. The largest absolute Gasteiger partial charge is 0.421 e. The Kier molecular flexibility index (Phi) is 3.56. The van der Waals surface area contributed by atoms with Gasteiger partial charge in [0, 0.05) is 12.1 Å². The molecule has 7 nitrogen and oxygen atoms in total. The predicted molar refractivity (Wildman–Crippen MR) is 67.3 cm³/mol.